The van der Waals surface area contributed by atoms with Gasteiger partial charge in [-0.15, -0.1) is 24.8 Å². The fraction of sp³-hybridized carbons (Fsp3) is 0.929. The van der Waals surface area contributed by atoms with Crippen LogP contribution in [0.15, 0.2) is 0 Å². The van der Waals surface area contributed by atoms with Crippen LogP contribution in [0.1, 0.15) is 34.1 Å². The maximum Gasteiger partial charge on any atom is 0.224 e. The van der Waals surface area contributed by atoms with Crippen molar-refractivity contribution in [1.82, 2.24) is 10.2 Å². The zero-order valence-corrected chi connectivity index (χ0v) is 14.7. The molecule has 1 aliphatic rings. The van der Waals surface area contributed by atoms with Crippen molar-refractivity contribution in [2.75, 3.05) is 26.2 Å². The number of nitrogens with zero attached hydrogens (tertiary/aromatic N) is 1. The highest BCUT2D eigenvalue weighted by Gasteiger charge is 2.23. The van der Waals surface area contributed by atoms with Crippen molar-refractivity contribution < 1.29 is 4.79 Å². The van der Waals surface area contributed by atoms with Crippen LogP contribution in [0.25, 0.3) is 0 Å². The number of halogens is 2. The monoisotopic (exact) mass is 327 g/mol. The first kappa shape index (κ1) is 22.3. The second-order valence-electron chi connectivity index (χ2n) is 6.21. The predicted molar refractivity (Wildman–Crippen MR) is 89.7 cm³/mol. The minimum absolute atomic E-state index is 0. The Kier molecular flexibility index (Phi) is 11.9. The zero-order chi connectivity index (χ0) is 13.7. The lowest BCUT2D eigenvalue weighted by molar-refractivity contribution is -0.124. The van der Waals surface area contributed by atoms with Gasteiger partial charge in [-0.05, 0) is 25.2 Å². The summed E-state index contributed by atoms with van der Waals surface area (Å²) in [4.78, 5) is 14.2. The quantitative estimate of drug-likeness (QED) is 0.810. The van der Waals surface area contributed by atoms with E-state index in [1.54, 1.807) is 0 Å². The van der Waals surface area contributed by atoms with Crippen LogP contribution in [0.2, 0.25) is 0 Å². The van der Waals surface area contributed by atoms with Gasteiger partial charge < -0.3 is 16.0 Å². The molecule has 1 rings (SSSR count). The van der Waals surface area contributed by atoms with Crippen LogP contribution in [-0.4, -0.2) is 43.0 Å². The van der Waals surface area contributed by atoms with Gasteiger partial charge in [0.15, 0.2) is 0 Å². The summed E-state index contributed by atoms with van der Waals surface area (Å²) in [5.41, 5.74) is 5.50. The van der Waals surface area contributed by atoms with E-state index in [1.807, 2.05) is 6.92 Å². The highest BCUT2D eigenvalue weighted by molar-refractivity contribution is 5.85. The number of nitrogens with two attached hydrogens (primary N) is 1. The second-order valence-corrected chi connectivity index (χ2v) is 6.21. The average molecular weight is 328 g/mol. The molecule has 4 atom stereocenters. The third kappa shape index (κ3) is 7.67. The Hall–Kier alpha value is -0.0300. The van der Waals surface area contributed by atoms with Crippen molar-refractivity contribution in [3.63, 3.8) is 0 Å². The number of piperidine rings is 1. The first-order valence-corrected chi connectivity index (χ1v) is 7.15. The summed E-state index contributed by atoms with van der Waals surface area (Å²) in [6.07, 6.45) is 1.32. The number of carbonyl (C=O) groups is 1. The molecular weight excluding hydrogens is 297 g/mol. The minimum Gasteiger partial charge on any atom is -0.352 e. The van der Waals surface area contributed by atoms with Crippen molar-refractivity contribution in [3.05, 3.63) is 0 Å². The summed E-state index contributed by atoms with van der Waals surface area (Å²) in [6.45, 7) is 12.2. The number of rotatable bonds is 5. The van der Waals surface area contributed by atoms with Gasteiger partial charge >= 0.3 is 0 Å². The van der Waals surface area contributed by atoms with E-state index in [2.05, 4.69) is 31.0 Å². The smallest absolute Gasteiger partial charge is 0.224 e. The van der Waals surface area contributed by atoms with Crippen LogP contribution in [0.4, 0.5) is 0 Å². The van der Waals surface area contributed by atoms with Gasteiger partial charge in [0.2, 0.25) is 5.91 Å². The normalized spacial score (nSPS) is 25.9. The van der Waals surface area contributed by atoms with Gasteiger partial charge in [0, 0.05) is 38.1 Å². The number of carbonyl (C=O) groups excluding carboxylic acids is 1. The molecule has 1 aliphatic heterocycles. The van der Waals surface area contributed by atoms with Gasteiger partial charge in [-0.25, -0.2) is 0 Å². The van der Waals surface area contributed by atoms with E-state index in [4.69, 9.17) is 5.73 Å². The first-order valence-electron chi connectivity index (χ1n) is 7.15. The SMILES string of the molecule is CC1CC(C)CN(CC(C)NC(=O)C(C)CN)C1.Cl.Cl. The molecule has 1 fully saturated rings. The molecule has 0 spiro atoms. The lowest BCUT2D eigenvalue weighted by Crippen LogP contribution is -2.48. The van der Waals surface area contributed by atoms with E-state index in [0.29, 0.717) is 6.54 Å². The molecule has 0 aromatic rings. The first-order chi connectivity index (χ1) is 8.42. The molecule has 6 heteroatoms. The standard InChI is InChI=1S/C14H29N3O.2ClH/c1-10-5-11(2)8-17(7-10)9-13(4)16-14(18)12(3)6-15;;/h10-13H,5-9,15H2,1-4H3,(H,16,18);2*1H. The van der Waals surface area contributed by atoms with Crippen LogP contribution >= 0.6 is 24.8 Å². The van der Waals surface area contributed by atoms with E-state index >= 15 is 0 Å². The summed E-state index contributed by atoms with van der Waals surface area (Å²) >= 11 is 0. The molecule has 0 radical (unpaired) electrons. The van der Waals surface area contributed by atoms with Crippen molar-refractivity contribution in [1.29, 1.82) is 0 Å². The molecule has 122 valence electrons. The lowest BCUT2D eigenvalue weighted by atomic mass is 9.91. The van der Waals surface area contributed by atoms with E-state index < -0.39 is 0 Å². The molecule has 0 bridgehead atoms. The summed E-state index contributed by atoms with van der Waals surface area (Å²) < 4.78 is 0. The second kappa shape index (κ2) is 10.7. The number of hydrogen-bond donors (Lipinski definition) is 2. The van der Waals surface area contributed by atoms with E-state index in [9.17, 15) is 4.79 Å². The highest BCUT2D eigenvalue weighted by Crippen LogP contribution is 2.20. The van der Waals surface area contributed by atoms with Gasteiger partial charge in [0.25, 0.3) is 0 Å². The predicted octanol–water partition coefficient (Wildman–Crippen LogP) is 1.91. The van der Waals surface area contributed by atoms with Crippen LogP contribution in [0.5, 0.6) is 0 Å². The minimum atomic E-state index is -0.0911. The Morgan fingerprint density at radius 1 is 1.25 bits per heavy atom. The molecule has 1 amide bonds. The molecule has 4 nitrogen and oxygen atoms in total. The van der Waals surface area contributed by atoms with Crippen LogP contribution in [-0.2, 0) is 4.79 Å². The van der Waals surface area contributed by atoms with E-state index in [-0.39, 0.29) is 42.7 Å². The number of likely N-dealkylation sites (tertiary alicyclic amines) is 1. The number of amides is 1. The van der Waals surface area contributed by atoms with Crippen molar-refractivity contribution in [3.8, 4) is 0 Å². The maximum atomic E-state index is 11.7. The molecule has 0 aromatic carbocycles. The van der Waals surface area contributed by atoms with Gasteiger partial charge in [-0.2, -0.15) is 0 Å². The van der Waals surface area contributed by atoms with Crippen LogP contribution in [0, 0.1) is 17.8 Å². The highest BCUT2D eigenvalue weighted by atomic mass is 35.5. The molecule has 4 unspecified atom stereocenters. The molecule has 0 aromatic heterocycles. The Morgan fingerprint density at radius 2 is 1.75 bits per heavy atom. The molecule has 3 N–H and O–H groups in total. The molecule has 0 aliphatic carbocycles. The van der Waals surface area contributed by atoms with Crippen LogP contribution in [0.3, 0.4) is 0 Å². The fourth-order valence-electron chi connectivity index (χ4n) is 2.87. The van der Waals surface area contributed by atoms with Gasteiger partial charge in [0.1, 0.15) is 0 Å². The average Bonchev–Trinajstić information content (AvgIpc) is 2.25. The number of nitrogens with one attached hydrogen (secondary N) is 1. The molecule has 1 heterocycles. The number of hydrogen-bond acceptors (Lipinski definition) is 3. The summed E-state index contributed by atoms with van der Waals surface area (Å²) in [5, 5.41) is 3.05. The van der Waals surface area contributed by atoms with Crippen molar-refractivity contribution in [2.45, 2.75) is 40.2 Å². The molecular formula is C14H31Cl2N3O. The topological polar surface area (TPSA) is 58.4 Å². The summed E-state index contributed by atoms with van der Waals surface area (Å²) in [5.74, 6) is 1.51. The summed E-state index contributed by atoms with van der Waals surface area (Å²) in [6, 6.07) is 0.198. The fourth-order valence-corrected chi connectivity index (χ4v) is 2.87. The third-order valence-corrected chi connectivity index (χ3v) is 3.67. The maximum absolute atomic E-state index is 11.7. The van der Waals surface area contributed by atoms with Crippen molar-refractivity contribution >= 4 is 30.7 Å². The van der Waals surface area contributed by atoms with Crippen molar-refractivity contribution in [2.24, 2.45) is 23.5 Å². The molecule has 20 heavy (non-hydrogen) atoms. The Morgan fingerprint density at radius 3 is 2.20 bits per heavy atom. The third-order valence-electron chi connectivity index (χ3n) is 3.67. The molecule has 1 saturated heterocycles. The van der Waals surface area contributed by atoms with Gasteiger partial charge in [-0.3, -0.25) is 4.79 Å². The Bertz CT molecular complexity index is 269. The van der Waals surface area contributed by atoms with Gasteiger partial charge in [-0.1, -0.05) is 20.8 Å². The zero-order valence-electron chi connectivity index (χ0n) is 13.1. The van der Waals surface area contributed by atoms with Gasteiger partial charge in [0.05, 0.1) is 0 Å². The largest absolute Gasteiger partial charge is 0.352 e. The van der Waals surface area contributed by atoms with Crippen LogP contribution < -0.4 is 11.1 Å². The van der Waals surface area contributed by atoms with E-state index in [0.717, 1.165) is 31.5 Å². The lowest BCUT2D eigenvalue weighted by Gasteiger charge is -2.36. The molecule has 0 saturated carbocycles. The van der Waals surface area contributed by atoms with E-state index in [1.165, 1.54) is 6.42 Å². The Balaban J connectivity index is 0. The Labute approximate surface area is 136 Å². The summed E-state index contributed by atoms with van der Waals surface area (Å²) in [7, 11) is 0.